The quantitative estimate of drug-likeness (QED) is 0.191. The van der Waals surface area contributed by atoms with Crippen LogP contribution in [0.15, 0.2) is 72.9 Å². The Labute approximate surface area is 353 Å². The SMILES string of the molecule is CN(Cc1ccccc1)C(=O)C[C@@H]1CCN2C[C@@H]1CCOc1cc(C(F)(F)F)cc(n1)-c1cccc(c1)C(=O)N1C[C@H](OCc3cn(CCN4CCCCC4)nn3)C[C@H]1C2=O. The van der Waals surface area contributed by atoms with Crippen molar-refractivity contribution in [3.63, 3.8) is 0 Å². The van der Waals surface area contributed by atoms with Crippen molar-refractivity contribution in [3.05, 3.63) is 95.3 Å². The molecule has 61 heavy (non-hydrogen) atoms. The maximum Gasteiger partial charge on any atom is 0.416 e. The summed E-state index contributed by atoms with van der Waals surface area (Å²) in [6.07, 6.45) is 1.78. The Hall–Kier alpha value is -5.35. The minimum absolute atomic E-state index is 0.000398. The molecule has 4 atom stereocenters. The summed E-state index contributed by atoms with van der Waals surface area (Å²) >= 11 is 0. The standard InChI is InChI=1S/C45H53F3N8O5/c1-52(26-31-9-4-2-5-10-31)42(57)22-32-13-17-54-27-35(32)14-20-60-41-24-36(45(46,47)48)23-39(49-41)33-11-8-12-34(21-33)43(58)56-29-38(25-40(56)44(54)59)61-30-37-28-55(51-50-37)19-18-53-15-6-3-7-16-53/h2,4-5,8-12,21,23-24,28,32,35,38,40H,3,6-7,13-20,22,25-27,29-30H2,1H3/t32-,35-,38+,40-/m0/s1. The molecule has 4 aliphatic heterocycles. The van der Waals surface area contributed by atoms with Gasteiger partial charge in [-0.1, -0.05) is 54.1 Å². The van der Waals surface area contributed by atoms with E-state index in [-0.39, 0.29) is 73.4 Å². The zero-order chi connectivity index (χ0) is 42.5. The van der Waals surface area contributed by atoms with Gasteiger partial charge in [-0.05, 0) is 74.4 Å². The van der Waals surface area contributed by atoms with Gasteiger partial charge in [0.15, 0.2) is 0 Å². The van der Waals surface area contributed by atoms with Crippen LogP contribution in [0.1, 0.15) is 72.1 Å². The van der Waals surface area contributed by atoms with Gasteiger partial charge in [0.25, 0.3) is 5.91 Å². The maximum absolute atomic E-state index is 14.7. The first-order valence-electron chi connectivity index (χ1n) is 21.4. The largest absolute Gasteiger partial charge is 0.478 e. The van der Waals surface area contributed by atoms with Gasteiger partial charge in [-0.25, -0.2) is 4.98 Å². The van der Waals surface area contributed by atoms with E-state index in [1.165, 1.54) is 30.2 Å². The third-order valence-corrected chi connectivity index (χ3v) is 12.6. The van der Waals surface area contributed by atoms with Crippen LogP contribution in [-0.4, -0.2) is 122 Å². The second-order valence-corrected chi connectivity index (χ2v) is 16.8. The van der Waals surface area contributed by atoms with Crippen LogP contribution in [0.3, 0.4) is 0 Å². The fourth-order valence-corrected chi connectivity index (χ4v) is 9.12. The fraction of sp³-hybridized carbons (Fsp3) is 0.511. The molecule has 0 spiro atoms. The highest BCUT2D eigenvalue weighted by atomic mass is 19.4. The molecule has 2 aromatic carbocycles. The molecule has 324 valence electrons. The average molecular weight is 843 g/mol. The van der Waals surface area contributed by atoms with Crippen molar-refractivity contribution in [3.8, 4) is 17.1 Å². The average Bonchev–Trinajstić information content (AvgIpc) is 3.92. The molecule has 2 aromatic heterocycles. The molecule has 4 aliphatic rings. The normalized spacial score (nSPS) is 22.5. The number of fused-ring (bicyclic) bond motifs is 8. The van der Waals surface area contributed by atoms with Crippen LogP contribution in [-0.2, 0) is 40.2 Å². The first kappa shape index (κ1) is 42.3. The number of piperidine rings is 2. The molecule has 6 bridgehead atoms. The van der Waals surface area contributed by atoms with Crippen molar-refractivity contribution < 1.29 is 37.0 Å². The predicted molar refractivity (Wildman–Crippen MR) is 219 cm³/mol. The molecule has 3 saturated heterocycles. The zero-order valence-corrected chi connectivity index (χ0v) is 34.5. The maximum atomic E-state index is 14.7. The van der Waals surface area contributed by atoms with E-state index in [0.29, 0.717) is 50.3 Å². The van der Waals surface area contributed by atoms with E-state index in [4.69, 9.17) is 9.47 Å². The predicted octanol–water partition coefficient (Wildman–Crippen LogP) is 5.94. The van der Waals surface area contributed by atoms with Crippen LogP contribution in [0.2, 0.25) is 0 Å². The lowest BCUT2D eigenvalue weighted by Gasteiger charge is -2.40. The van der Waals surface area contributed by atoms with Crippen LogP contribution in [0.4, 0.5) is 13.2 Å². The highest BCUT2D eigenvalue weighted by Gasteiger charge is 2.44. The lowest BCUT2D eigenvalue weighted by atomic mass is 9.80. The van der Waals surface area contributed by atoms with Gasteiger partial charge < -0.3 is 29.1 Å². The zero-order valence-electron chi connectivity index (χ0n) is 34.5. The van der Waals surface area contributed by atoms with Crippen molar-refractivity contribution >= 4 is 17.7 Å². The van der Waals surface area contributed by atoms with Crippen molar-refractivity contribution in [1.29, 1.82) is 0 Å². The summed E-state index contributed by atoms with van der Waals surface area (Å²) in [5.74, 6) is -1.22. The molecule has 0 saturated carbocycles. The van der Waals surface area contributed by atoms with Crippen LogP contribution in [0.25, 0.3) is 11.3 Å². The fourth-order valence-electron chi connectivity index (χ4n) is 9.12. The van der Waals surface area contributed by atoms with Crippen LogP contribution >= 0.6 is 0 Å². The Morgan fingerprint density at radius 2 is 1.74 bits per heavy atom. The smallest absolute Gasteiger partial charge is 0.416 e. The molecule has 6 heterocycles. The summed E-state index contributed by atoms with van der Waals surface area (Å²) in [7, 11) is 1.77. The van der Waals surface area contributed by atoms with Gasteiger partial charge in [0.05, 0.1) is 43.3 Å². The molecule has 3 fully saturated rings. The highest BCUT2D eigenvalue weighted by molar-refractivity contribution is 5.99. The molecule has 8 rings (SSSR count). The number of halogens is 3. The number of benzene rings is 2. The number of carbonyl (C=O) groups excluding carboxylic acids is 3. The lowest BCUT2D eigenvalue weighted by molar-refractivity contribution is -0.139. The number of carbonyl (C=O) groups is 3. The van der Waals surface area contributed by atoms with Gasteiger partial charge in [0, 0.05) is 69.8 Å². The topological polar surface area (TPSA) is 126 Å². The third-order valence-electron chi connectivity index (χ3n) is 12.6. The van der Waals surface area contributed by atoms with E-state index in [1.54, 1.807) is 35.0 Å². The van der Waals surface area contributed by atoms with Crippen molar-refractivity contribution in [1.82, 2.24) is 39.6 Å². The van der Waals surface area contributed by atoms with Gasteiger partial charge >= 0.3 is 6.18 Å². The van der Waals surface area contributed by atoms with Gasteiger partial charge in [0.2, 0.25) is 17.7 Å². The number of aromatic nitrogens is 4. The Balaban J connectivity index is 1.04. The van der Waals surface area contributed by atoms with Gasteiger partial charge in [-0.2, -0.15) is 13.2 Å². The van der Waals surface area contributed by atoms with Gasteiger partial charge in [0.1, 0.15) is 11.7 Å². The molecular weight excluding hydrogens is 790 g/mol. The van der Waals surface area contributed by atoms with Gasteiger partial charge in [-0.3, -0.25) is 19.1 Å². The number of likely N-dealkylation sites (tertiary alicyclic amines) is 1. The Morgan fingerprint density at radius 1 is 0.934 bits per heavy atom. The number of hydrogen-bond acceptors (Lipinski definition) is 9. The molecule has 4 aromatic rings. The molecule has 0 unspecified atom stereocenters. The molecule has 0 radical (unpaired) electrons. The van der Waals surface area contributed by atoms with Crippen LogP contribution in [0.5, 0.6) is 5.88 Å². The molecule has 13 nitrogen and oxygen atoms in total. The summed E-state index contributed by atoms with van der Waals surface area (Å²) in [5, 5.41) is 8.62. The number of nitrogens with zero attached hydrogens (tertiary/aromatic N) is 8. The summed E-state index contributed by atoms with van der Waals surface area (Å²) in [6, 6.07) is 17.0. The molecule has 0 N–H and O–H groups in total. The summed E-state index contributed by atoms with van der Waals surface area (Å²) < 4.78 is 56.8. The Kier molecular flexibility index (Phi) is 13.0. The number of ether oxygens (including phenoxy) is 2. The second-order valence-electron chi connectivity index (χ2n) is 16.8. The summed E-state index contributed by atoms with van der Waals surface area (Å²) in [4.78, 5) is 54.6. The minimum atomic E-state index is -4.68. The Bertz CT molecular complexity index is 2160. The van der Waals surface area contributed by atoms with E-state index in [9.17, 15) is 27.6 Å². The third kappa shape index (κ3) is 10.4. The number of hydrogen-bond donors (Lipinski definition) is 0. The van der Waals surface area contributed by atoms with E-state index < -0.39 is 29.8 Å². The summed E-state index contributed by atoms with van der Waals surface area (Å²) in [6.45, 7) is 5.23. The van der Waals surface area contributed by atoms with Crippen molar-refractivity contribution in [2.75, 3.05) is 52.9 Å². The number of alkyl halides is 3. The lowest BCUT2D eigenvalue weighted by Crippen LogP contribution is -2.52. The van der Waals surface area contributed by atoms with Crippen LogP contribution < -0.4 is 4.74 Å². The van der Waals surface area contributed by atoms with E-state index >= 15 is 0 Å². The highest BCUT2D eigenvalue weighted by Crippen LogP contribution is 2.36. The first-order valence-corrected chi connectivity index (χ1v) is 21.4. The molecular formula is C45H53F3N8O5. The van der Waals surface area contributed by atoms with E-state index in [0.717, 1.165) is 37.3 Å². The molecule has 3 amide bonds. The van der Waals surface area contributed by atoms with Crippen molar-refractivity contribution in [2.45, 2.75) is 83.0 Å². The van der Waals surface area contributed by atoms with Gasteiger partial charge in [-0.15, -0.1) is 5.10 Å². The summed E-state index contributed by atoms with van der Waals surface area (Å²) in [5.41, 5.74) is 1.23. The monoisotopic (exact) mass is 842 g/mol. The first-order chi connectivity index (χ1) is 29.5. The Morgan fingerprint density at radius 3 is 2.54 bits per heavy atom. The minimum Gasteiger partial charge on any atom is -0.478 e. The van der Waals surface area contributed by atoms with Crippen molar-refractivity contribution in [2.24, 2.45) is 11.8 Å². The second kappa shape index (κ2) is 18.7. The number of rotatable bonds is 10. The molecule has 0 aliphatic carbocycles. The molecule has 16 heteroatoms. The van der Waals surface area contributed by atoms with E-state index in [1.807, 2.05) is 41.2 Å². The number of pyridine rings is 1. The number of amides is 3. The van der Waals surface area contributed by atoms with E-state index in [2.05, 4.69) is 20.2 Å². The van der Waals surface area contributed by atoms with Crippen LogP contribution in [0, 0.1) is 11.8 Å².